The van der Waals surface area contributed by atoms with Gasteiger partial charge in [-0.1, -0.05) is 0 Å². The molecule has 4 nitrogen and oxygen atoms in total. The molecule has 0 saturated heterocycles. The smallest absolute Gasteiger partial charge is 0.254 e. The zero-order chi connectivity index (χ0) is 17.7. The summed E-state index contributed by atoms with van der Waals surface area (Å²) in [6, 6.07) is 5.37. The summed E-state index contributed by atoms with van der Waals surface area (Å²) in [5.74, 6) is -5.32. The summed E-state index contributed by atoms with van der Waals surface area (Å²) in [5, 5.41) is 4.62. The van der Waals surface area contributed by atoms with Gasteiger partial charge >= 0.3 is 0 Å². The molecule has 2 aromatic rings. The molecule has 0 bridgehead atoms. The fraction of sp³-hybridized carbons (Fsp3) is 0.125. The van der Waals surface area contributed by atoms with Crippen LogP contribution < -0.4 is 10.6 Å². The highest BCUT2D eigenvalue weighted by atomic mass is 19.2. The van der Waals surface area contributed by atoms with Crippen LogP contribution in [0.3, 0.4) is 0 Å². The molecular weight excluding hydrogens is 328 g/mol. The van der Waals surface area contributed by atoms with Crippen LogP contribution in [0.5, 0.6) is 0 Å². The molecule has 0 aliphatic heterocycles. The van der Waals surface area contributed by atoms with Crippen LogP contribution in [-0.4, -0.2) is 18.4 Å². The molecule has 2 rings (SSSR count). The van der Waals surface area contributed by atoms with E-state index in [9.17, 15) is 27.2 Å². The topological polar surface area (TPSA) is 58.2 Å². The van der Waals surface area contributed by atoms with E-state index in [2.05, 4.69) is 10.6 Å². The highest BCUT2D eigenvalue weighted by Gasteiger charge is 2.13. The minimum absolute atomic E-state index is 0.0646. The van der Waals surface area contributed by atoms with Crippen LogP contribution in [0.15, 0.2) is 36.4 Å². The van der Waals surface area contributed by atoms with Crippen LogP contribution in [0, 0.1) is 23.3 Å². The van der Waals surface area contributed by atoms with E-state index in [0.29, 0.717) is 6.07 Å². The number of amides is 2. The number of anilines is 1. The van der Waals surface area contributed by atoms with Crippen LogP contribution >= 0.6 is 0 Å². The molecular formula is C16H12F4N2O2. The Labute approximate surface area is 134 Å². The minimum Gasteiger partial charge on any atom is -0.351 e. The number of hydrogen-bond acceptors (Lipinski definition) is 2. The molecule has 2 amide bonds. The fourth-order valence-corrected chi connectivity index (χ4v) is 1.86. The van der Waals surface area contributed by atoms with E-state index in [0.717, 1.165) is 24.3 Å². The van der Waals surface area contributed by atoms with Crippen LogP contribution in [-0.2, 0) is 4.79 Å². The summed E-state index contributed by atoms with van der Waals surface area (Å²) in [7, 11) is 0. The van der Waals surface area contributed by atoms with Crippen molar-refractivity contribution in [1.29, 1.82) is 0 Å². The first-order chi connectivity index (χ1) is 11.4. The van der Waals surface area contributed by atoms with E-state index in [1.54, 1.807) is 0 Å². The van der Waals surface area contributed by atoms with Gasteiger partial charge in [0.25, 0.3) is 5.91 Å². The lowest BCUT2D eigenvalue weighted by molar-refractivity contribution is -0.116. The van der Waals surface area contributed by atoms with Gasteiger partial charge in [0.2, 0.25) is 5.91 Å². The zero-order valence-electron chi connectivity index (χ0n) is 12.2. The lowest BCUT2D eigenvalue weighted by atomic mass is 10.2. The van der Waals surface area contributed by atoms with E-state index in [-0.39, 0.29) is 24.2 Å². The molecule has 126 valence electrons. The maximum absolute atomic E-state index is 13.4. The van der Waals surface area contributed by atoms with Crippen molar-refractivity contribution in [3.63, 3.8) is 0 Å². The Morgan fingerprint density at radius 1 is 0.875 bits per heavy atom. The molecule has 0 saturated carbocycles. The molecule has 2 aromatic carbocycles. The first kappa shape index (κ1) is 17.5. The third-order valence-corrected chi connectivity index (χ3v) is 3.02. The lowest BCUT2D eigenvalue weighted by Crippen LogP contribution is -2.28. The number of carbonyl (C=O) groups is 2. The highest BCUT2D eigenvalue weighted by molar-refractivity contribution is 5.95. The van der Waals surface area contributed by atoms with Crippen LogP contribution in [0.1, 0.15) is 16.8 Å². The quantitative estimate of drug-likeness (QED) is 0.822. The molecule has 2 N–H and O–H groups in total. The van der Waals surface area contributed by atoms with Crippen LogP contribution in [0.25, 0.3) is 0 Å². The van der Waals surface area contributed by atoms with Crippen molar-refractivity contribution in [1.82, 2.24) is 5.32 Å². The molecule has 24 heavy (non-hydrogen) atoms. The van der Waals surface area contributed by atoms with Crippen molar-refractivity contribution in [3.8, 4) is 0 Å². The SMILES string of the molecule is O=C(CCNC(=O)c1ccc(F)cc1F)Nc1ccc(F)c(F)c1. The molecule has 0 aliphatic rings. The van der Waals surface area contributed by atoms with Gasteiger partial charge in [-0.15, -0.1) is 0 Å². The molecule has 0 atom stereocenters. The van der Waals surface area contributed by atoms with Gasteiger partial charge < -0.3 is 10.6 Å². The minimum atomic E-state index is -1.10. The van der Waals surface area contributed by atoms with Gasteiger partial charge in [0, 0.05) is 30.8 Å². The lowest BCUT2D eigenvalue weighted by Gasteiger charge is -2.08. The van der Waals surface area contributed by atoms with Gasteiger partial charge in [-0.3, -0.25) is 9.59 Å². The Kier molecular flexibility index (Phi) is 5.51. The van der Waals surface area contributed by atoms with Crippen molar-refractivity contribution in [2.45, 2.75) is 6.42 Å². The predicted molar refractivity (Wildman–Crippen MR) is 78.3 cm³/mol. The third-order valence-electron chi connectivity index (χ3n) is 3.02. The van der Waals surface area contributed by atoms with E-state index in [1.807, 2.05) is 0 Å². The number of rotatable bonds is 5. The highest BCUT2D eigenvalue weighted by Crippen LogP contribution is 2.13. The molecule has 0 unspecified atom stereocenters. The van der Waals surface area contributed by atoms with E-state index >= 15 is 0 Å². The van der Waals surface area contributed by atoms with Crippen LogP contribution in [0.4, 0.5) is 23.2 Å². The average molecular weight is 340 g/mol. The Morgan fingerprint density at radius 2 is 1.62 bits per heavy atom. The summed E-state index contributed by atoms with van der Waals surface area (Å²) in [4.78, 5) is 23.3. The van der Waals surface area contributed by atoms with Crippen molar-refractivity contribution in [2.24, 2.45) is 0 Å². The van der Waals surface area contributed by atoms with Crippen molar-refractivity contribution in [2.75, 3.05) is 11.9 Å². The molecule has 0 heterocycles. The summed E-state index contributed by atoms with van der Waals surface area (Å²) in [6.45, 7) is -0.120. The number of hydrogen-bond donors (Lipinski definition) is 2. The van der Waals surface area contributed by atoms with Gasteiger partial charge in [-0.25, -0.2) is 17.6 Å². The molecule has 8 heteroatoms. The second-order valence-corrected chi connectivity index (χ2v) is 4.81. The van der Waals surface area contributed by atoms with Crippen molar-refractivity contribution < 1.29 is 27.2 Å². The van der Waals surface area contributed by atoms with E-state index < -0.39 is 35.1 Å². The number of halogens is 4. The van der Waals surface area contributed by atoms with E-state index in [1.165, 1.54) is 6.07 Å². The molecule has 0 fully saturated rings. The molecule has 0 aliphatic carbocycles. The Hall–Kier alpha value is -2.90. The molecule has 0 radical (unpaired) electrons. The largest absolute Gasteiger partial charge is 0.351 e. The normalized spacial score (nSPS) is 10.3. The monoisotopic (exact) mass is 340 g/mol. The summed E-state index contributed by atoms with van der Waals surface area (Å²) in [5.41, 5.74) is -0.285. The number of benzene rings is 2. The average Bonchev–Trinajstić information content (AvgIpc) is 2.50. The zero-order valence-corrected chi connectivity index (χ0v) is 12.2. The summed E-state index contributed by atoms with van der Waals surface area (Å²) < 4.78 is 51.9. The second kappa shape index (κ2) is 7.58. The third kappa shape index (κ3) is 4.55. The second-order valence-electron chi connectivity index (χ2n) is 4.81. The molecule has 0 spiro atoms. The fourth-order valence-electron chi connectivity index (χ4n) is 1.86. The Balaban J connectivity index is 1.83. The number of carbonyl (C=O) groups excluding carboxylic acids is 2. The van der Waals surface area contributed by atoms with Gasteiger partial charge in [-0.05, 0) is 24.3 Å². The van der Waals surface area contributed by atoms with Gasteiger partial charge in [0.05, 0.1) is 5.56 Å². The van der Waals surface area contributed by atoms with Crippen LogP contribution in [0.2, 0.25) is 0 Å². The van der Waals surface area contributed by atoms with Gasteiger partial charge in [0.1, 0.15) is 11.6 Å². The van der Waals surface area contributed by atoms with E-state index in [4.69, 9.17) is 0 Å². The molecule has 0 aromatic heterocycles. The standard InChI is InChI=1S/C16H12F4N2O2/c17-9-1-3-11(13(19)7-9)16(24)21-6-5-15(23)22-10-2-4-12(18)14(20)8-10/h1-4,7-8H,5-6H2,(H,21,24)(H,22,23). The summed E-state index contributed by atoms with van der Waals surface area (Å²) in [6.07, 6.45) is -0.173. The van der Waals surface area contributed by atoms with Gasteiger partial charge in [0.15, 0.2) is 11.6 Å². The Morgan fingerprint density at radius 3 is 2.29 bits per heavy atom. The van der Waals surface area contributed by atoms with Crippen molar-refractivity contribution in [3.05, 3.63) is 65.2 Å². The van der Waals surface area contributed by atoms with Crippen molar-refractivity contribution >= 4 is 17.5 Å². The predicted octanol–water partition coefficient (Wildman–Crippen LogP) is 3.00. The Bertz CT molecular complexity index is 781. The number of nitrogens with one attached hydrogen (secondary N) is 2. The maximum Gasteiger partial charge on any atom is 0.254 e. The first-order valence-electron chi connectivity index (χ1n) is 6.85. The van der Waals surface area contributed by atoms with Gasteiger partial charge in [-0.2, -0.15) is 0 Å². The first-order valence-corrected chi connectivity index (χ1v) is 6.85. The maximum atomic E-state index is 13.4. The summed E-state index contributed by atoms with van der Waals surface area (Å²) >= 11 is 0.